The highest BCUT2D eigenvalue weighted by Gasteiger charge is 2.00. The van der Waals surface area contributed by atoms with Gasteiger partial charge in [-0.25, -0.2) is 0 Å². The largest absolute Gasteiger partial charge is 0.356 e. The molecule has 0 aliphatic heterocycles. The Morgan fingerprint density at radius 1 is 0.958 bits per heavy atom. The Morgan fingerprint density at radius 2 is 1.62 bits per heavy atom. The van der Waals surface area contributed by atoms with E-state index in [2.05, 4.69) is 29.4 Å². The van der Waals surface area contributed by atoms with Gasteiger partial charge in [0.1, 0.15) is 0 Å². The summed E-state index contributed by atoms with van der Waals surface area (Å²) in [6.07, 6.45) is 16.7. The van der Waals surface area contributed by atoms with Crippen LogP contribution >= 0.6 is 11.8 Å². The Kier molecular flexibility index (Phi) is 13.6. The molecule has 24 heavy (non-hydrogen) atoms. The van der Waals surface area contributed by atoms with Crippen molar-refractivity contribution in [3.63, 3.8) is 0 Å². The Bertz CT molecular complexity index is 411. The van der Waals surface area contributed by atoms with Crippen LogP contribution in [-0.2, 0) is 4.79 Å². The number of rotatable bonds is 15. The monoisotopic (exact) mass is 350 g/mol. The van der Waals surface area contributed by atoms with Gasteiger partial charge in [0.2, 0.25) is 5.91 Å². The van der Waals surface area contributed by atoms with E-state index in [0.717, 1.165) is 25.1 Å². The molecule has 0 aromatic carbocycles. The minimum absolute atomic E-state index is 0.231. The number of nitrogens with zero attached hydrogens (tertiary/aromatic N) is 1. The van der Waals surface area contributed by atoms with E-state index in [1.54, 1.807) is 0 Å². The predicted octanol–water partition coefficient (Wildman–Crippen LogP) is 5.60. The van der Waals surface area contributed by atoms with Crippen LogP contribution in [0.15, 0.2) is 29.4 Å². The van der Waals surface area contributed by atoms with E-state index in [4.69, 9.17) is 0 Å². The van der Waals surface area contributed by atoms with Crippen molar-refractivity contribution >= 4 is 17.7 Å². The van der Waals surface area contributed by atoms with Crippen LogP contribution in [0.1, 0.15) is 77.6 Å². The van der Waals surface area contributed by atoms with Crippen molar-refractivity contribution in [3.05, 3.63) is 24.5 Å². The normalized spacial score (nSPS) is 10.7. The summed E-state index contributed by atoms with van der Waals surface area (Å²) in [6.45, 7) is 3.07. The molecule has 1 N–H and O–H groups in total. The average molecular weight is 351 g/mol. The number of thioether (sulfide) groups is 1. The molecule has 1 aromatic heterocycles. The van der Waals surface area contributed by atoms with Gasteiger partial charge in [-0.05, 0) is 37.1 Å². The van der Waals surface area contributed by atoms with Gasteiger partial charge in [0.25, 0.3) is 0 Å². The van der Waals surface area contributed by atoms with Crippen molar-refractivity contribution in [1.82, 2.24) is 10.3 Å². The second kappa shape index (κ2) is 15.5. The molecule has 0 saturated carbocycles. The third-order valence-electron chi connectivity index (χ3n) is 4.07. The van der Waals surface area contributed by atoms with Crippen LogP contribution in [0.3, 0.4) is 0 Å². The van der Waals surface area contributed by atoms with Crippen molar-refractivity contribution in [2.45, 2.75) is 82.4 Å². The number of hydrogen-bond acceptors (Lipinski definition) is 3. The molecule has 1 aromatic rings. The van der Waals surface area contributed by atoms with Gasteiger partial charge < -0.3 is 5.32 Å². The second-order valence-corrected chi connectivity index (χ2v) is 7.48. The summed E-state index contributed by atoms with van der Waals surface area (Å²) in [4.78, 5) is 17.0. The lowest BCUT2D eigenvalue weighted by Gasteiger charge is -2.05. The molecule has 0 bridgehead atoms. The topological polar surface area (TPSA) is 42.0 Å². The zero-order chi connectivity index (χ0) is 17.3. The van der Waals surface area contributed by atoms with Crippen LogP contribution in [0.25, 0.3) is 0 Å². The lowest BCUT2D eigenvalue weighted by atomic mass is 10.1. The number of pyridine rings is 1. The number of carbonyl (C=O) groups is 1. The molecule has 1 amide bonds. The van der Waals surface area contributed by atoms with Crippen LogP contribution in [0.2, 0.25) is 0 Å². The molecule has 0 spiro atoms. The van der Waals surface area contributed by atoms with E-state index < -0.39 is 0 Å². The van der Waals surface area contributed by atoms with Crippen LogP contribution in [0.5, 0.6) is 0 Å². The number of unbranched alkanes of at least 4 members (excludes halogenated alkanes) is 8. The van der Waals surface area contributed by atoms with Crippen molar-refractivity contribution in [2.75, 3.05) is 12.3 Å². The molecule has 1 heterocycles. The Hall–Kier alpha value is -1.03. The van der Waals surface area contributed by atoms with E-state index in [1.165, 1.54) is 56.3 Å². The quantitative estimate of drug-likeness (QED) is 0.331. The first-order chi connectivity index (χ1) is 11.8. The molecule has 0 unspecified atom stereocenters. The van der Waals surface area contributed by atoms with Gasteiger partial charge >= 0.3 is 0 Å². The molecule has 0 fully saturated rings. The second-order valence-electron chi connectivity index (χ2n) is 6.31. The fourth-order valence-corrected chi connectivity index (χ4v) is 3.49. The average Bonchev–Trinajstić information content (AvgIpc) is 2.61. The fourth-order valence-electron chi connectivity index (χ4n) is 2.59. The van der Waals surface area contributed by atoms with Crippen molar-refractivity contribution in [3.8, 4) is 0 Å². The molecule has 3 nitrogen and oxygen atoms in total. The first kappa shape index (κ1) is 21.0. The van der Waals surface area contributed by atoms with E-state index in [0.29, 0.717) is 6.42 Å². The van der Waals surface area contributed by atoms with Crippen LogP contribution in [0, 0.1) is 0 Å². The standard InChI is InChI=1S/C20H34N2OS/c1-2-3-4-5-6-7-9-12-20(23)22-15-10-8-11-18-24-19-13-16-21-17-14-19/h13-14,16-17H,2-12,15,18H2,1H3,(H,22,23). The summed E-state index contributed by atoms with van der Waals surface area (Å²) in [5.74, 6) is 1.37. The van der Waals surface area contributed by atoms with Gasteiger partial charge in [-0.3, -0.25) is 9.78 Å². The van der Waals surface area contributed by atoms with Gasteiger partial charge in [-0.15, -0.1) is 11.8 Å². The highest BCUT2D eigenvalue weighted by molar-refractivity contribution is 7.99. The van der Waals surface area contributed by atoms with Crippen LogP contribution < -0.4 is 5.32 Å². The van der Waals surface area contributed by atoms with Gasteiger partial charge in [0, 0.05) is 30.3 Å². The van der Waals surface area contributed by atoms with E-state index >= 15 is 0 Å². The van der Waals surface area contributed by atoms with E-state index in [-0.39, 0.29) is 5.91 Å². The third-order valence-corrected chi connectivity index (χ3v) is 5.17. The van der Waals surface area contributed by atoms with Gasteiger partial charge in [-0.2, -0.15) is 0 Å². The predicted molar refractivity (Wildman–Crippen MR) is 104 cm³/mol. The summed E-state index contributed by atoms with van der Waals surface area (Å²) in [7, 11) is 0. The Balaban J connectivity index is 1.82. The minimum Gasteiger partial charge on any atom is -0.356 e. The molecule has 0 radical (unpaired) electrons. The SMILES string of the molecule is CCCCCCCCCC(=O)NCCCCCSc1ccncc1. The van der Waals surface area contributed by atoms with E-state index in [1.807, 2.05) is 24.2 Å². The highest BCUT2D eigenvalue weighted by atomic mass is 32.2. The van der Waals surface area contributed by atoms with E-state index in [9.17, 15) is 4.79 Å². The smallest absolute Gasteiger partial charge is 0.219 e. The summed E-state index contributed by atoms with van der Waals surface area (Å²) >= 11 is 1.88. The van der Waals surface area contributed by atoms with Gasteiger partial charge in [-0.1, -0.05) is 51.9 Å². The first-order valence-electron chi connectivity index (χ1n) is 9.62. The number of aromatic nitrogens is 1. The molecular weight excluding hydrogens is 316 g/mol. The van der Waals surface area contributed by atoms with Gasteiger partial charge in [0.15, 0.2) is 0 Å². The first-order valence-corrected chi connectivity index (χ1v) is 10.6. The summed E-state index contributed by atoms with van der Waals surface area (Å²) in [5, 5.41) is 3.05. The number of hydrogen-bond donors (Lipinski definition) is 1. The molecule has 0 aliphatic carbocycles. The Labute approximate surface area is 152 Å². The maximum atomic E-state index is 11.7. The maximum Gasteiger partial charge on any atom is 0.219 e. The fraction of sp³-hybridized carbons (Fsp3) is 0.700. The Morgan fingerprint density at radius 3 is 2.38 bits per heavy atom. The lowest BCUT2D eigenvalue weighted by molar-refractivity contribution is -0.121. The lowest BCUT2D eigenvalue weighted by Crippen LogP contribution is -2.23. The maximum absolute atomic E-state index is 11.7. The zero-order valence-corrected chi connectivity index (χ0v) is 16.1. The number of amides is 1. The van der Waals surface area contributed by atoms with Crippen LogP contribution in [-0.4, -0.2) is 23.2 Å². The van der Waals surface area contributed by atoms with Crippen molar-refractivity contribution in [1.29, 1.82) is 0 Å². The molecule has 0 saturated heterocycles. The summed E-state index contributed by atoms with van der Waals surface area (Å²) < 4.78 is 0. The number of nitrogens with one attached hydrogen (secondary N) is 1. The summed E-state index contributed by atoms with van der Waals surface area (Å²) in [5.41, 5.74) is 0. The summed E-state index contributed by atoms with van der Waals surface area (Å²) in [6, 6.07) is 4.10. The van der Waals surface area contributed by atoms with Crippen molar-refractivity contribution in [2.24, 2.45) is 0 Å². The third kappa shape index (κ3) is 12.4. The van der Waals surface area contributed by atoms with Crippen LogP contribution in [0.4, 0.5) is 0 Å². The number of carbonyl (C=O) groups excluding carboxylic acids is 1. The molecule has 4 heteroatoms. The molecule has 136 valence electrons. The molecule has 1 rings (SSSR count). The van der Waals surface area contributed by atoms with Gasteiger partial charge in [0.05, 0.1) is 0 Å². The molecule has 0 aliphatic rings. The zero-order valence-electron chi connectivity index (χ0n) is 15.3. The van der Waals surface area contributed by atoms with Crippen molar-refractivity contribution < 1.29 is 4.79 Å². The highest BCUT2D eigenvalue weighted by Crippen LogP contribution is 2.18. The molecular formula is C20H34N2OS. The minimum atomic E-state index is 0.231. The molecule has 0 atom stereocenters.